The molecule has 5 nitrogen and oxygen atoms in total. The van der Waals surface area contributed by atoms with E-state index in [9.17, 15) is 0 Å². The third kappa shape index (κ3) is 2.67. The zero-order valence-corrected chi connectivity index (χ0v) is 9.84. The first kappa shape index (κ1) is 11.3. The smallest absolute Gasteiger partial charge is 0.203 e. The molecule has 2 rings (SSSR count). The van der Waals surface area contributed by atoms with Crippen LogP contribution < -0.4 is 5.32 Å². The fourth-order valence-corrected chi connectivity index (χ4v) is 1.43. The second-order valence-electron chi connectivity index (χ2n) is 4.03. The minimum Gasteiger partial charge on any atom is -0.449 e. The predicted octanol–water partition coefficient (Wildman–Crippen LogP) is 2.54. The van der Waals surface area contributed by atoms with Gasteiger partial charge in [0.2, 0.25) is 5.76 Å². The lowest BCUT2D eigenvalue weighted by atomic mass is 10.4. The number of furan rings is 1. The first-order valence-corrected chi connectivity index (χ1v) is 5.46. The minimum absolute atomic E-state index is 0.333. The molecule has 0 radical (unpaired) electrons. The Morgan fingerprint density at radius 2 is 2.35 bits per heavy atom. The van der Waals surface area contributed by atoms with Gasteiger partial charge in [-0.25, -0.2) is 0 Å². The van der Waals surface area contributed by atoms with Crippen molar-refractivity contribution in [2.24, 2.45) is 0 Å². The Kier molecular flexibility index (Phi) is 3.15. The first-order valence-electron chi connectivity index (χ1n) is 5.46. The predicted molar refractivity (Wildman–Crippen MR) is 63.4 cm³/mol. The van der Waals surface area contributed by atoms with Gasteiger partial charge in [0, 0.05) is 12.2 Å². The first-order chi connectivity index (χ1) is 8.19. The van der Waals surface area contributed by atoms with E-state index in [1.165, 1.54) is 0 Å². The summed E-state index contributed by atoms with van der Waals surface area (Å²) in [4.78, 5) is 0. The molecule has 0 saturated carbocycles. The molecule has 0 bridgehead atoms. The number of nitriles is 1. The SMILES string of the molecule is CC(C)n1cc(NCc2ccc(C#N)o2)cn1. The highest BCUT2D eigenvalue weighted by molar-refractivity contribution is 5.38. The largest absolute Gasteiger partial charge is 0.449 e. The summed E-state index contributed by atoms with van der Waals surface area (Å²) in [5, 5.41) is 16.0. The summed E-state index contributed by atoms with van der Waals surface area (Å²) in [5.74, 6) is 1.07. The number of anilines is 1. The van der Waals surface area contributed by atoms with Gasteiger partial charge in [-0.05, 0) is 26.0 Å². The van der Waals surface area contributed by atoms with Crippen molar-refractivity contribution in [3.8, 4) is 6.07 Å². The molecule has 0 aliphatic heterocycles. The van der Waals surface area contributed by atoms with E-state index in [4.69, 9.17) is 9.68 Å². The molecular weight excluding hydrogens is 216 g/mol. The molecule has 0 amide bonds. The van der Waals surface area contributed by atoms with E-state index in [1.54, 1.807) is 18.3 Å². The third-order valence-corrected chi connectivity index (χ3v) is 2.37. The van der Waals surface area contributed by atoms with Gasteiger partial charge in [-0.2, -0.15) is 10.4 Å². The lowest BCUT2D eigenvalue weighted by Crippen LogP contribution is -2.00. The van der Waals surface area contributed by atoms with E-state index in [2.05, 4.69) is 24.3 Å². The molecule has 0 unspecified atom stereocenters. The van der Waals surface area contributed by atoms with Crippen LogP contribution in [0.3, 0.4) is 0 Å². The Morgan fingerprint density at radius 1 is 1.53 bits per heavy atom. The fraction of sp³-hybridized carbons (Fsp3) is 0.333. The van der Waals surface area contributed by atoms with Crippen LogP contribution >= 0.6 is 0 Å². The van der Waals surface area contributed by atoms with Gasteiger partial charge in [-0.15, -0.1) is 0 Å². The molecule has 0 atom stereocenters. The van der Waals surface area contributed by atoms with Crippen molar-refractivity contribution in [1.82, 2.24) is 9.78 Å². The number of hydrogen-bond donors (Lipinski definition) is 1. The molecule has 0 saturated heterocycles. The number of nitrogens with zero attached hydrogens (tertiary/aromatic N) is 3. The van der Waals surface area contributed by atoms with Crippen LogP contribution in [-0.2, 0) is 6.54 Å². The van der Waals surface area contributed by atoms with Gasteiger partial charge in [0.15, 0.2) is 0 Å². The van der Waals surface area contributed by atoms with E-state index >= 15 is 0 Å². The summed E-state index contributed by atoms with van der Waals surface area (Å²) in [6.07, 6.45) is 3.72. The summed E-state index contributed by atoms with van der Waals surface area (Å²) >= 11 is 0. The Bertz CT molecular complexity index is 533. The maximum Gasteiger partial charge on any atom is 0.203 e. The summed E-state index contributed by atoms with van der Waals surface area (Å²) < 4.78 is 7.14. The molecular formula is C12H14N4O. The molecule has 2 heterocycles. The average Bonchev–Trinajstić information content (AvgIpc) is 2.95. The zero-order chi connectivity index (χ0) is 12.3. The van der Waals surface area contributed by atoms with Gasteiger partial charge < -0.3 is 9.73 Å². The molecule has 88 valence electrons. The van der Waals surface area contributed by atoms with E-state index in [-0.39, 0.29) is 0 Å². The van der Waals surface area contributed by atoms with Crippen LogP contribution in [0.4, 0.5) is 5.69 Å². The average molecular weight is 230 g/mol. The van der Waals surface area contributed by atoms with Gasteiger partial charge in [0.05, 0.1) is 18.4 Å². The van der Waals surface area contributed by atoms with Crippen molar-refractivity contribution in [1.29, 1.82) is 5.26 Å². The summed E-state index contributed by atoms with van der Waals surface area (Å²) in [6.45, 7) is 4.69. The molecule has 2 aromatic heterocycles. The lowest BCUT2D eigenvalue weighted by molar-refractivity contribution is 0.506. The molecule has 1 N–H and O–H groups in total. The Balaban J connectivity index is 1.95. The van der Waals surface area contributed by atoms with Crippen molar-refractivity contribution in [3.63, 3.8) is 0 Å². The van der Waals surface area contributed by atoms with E-state index in [0.29, 0.717) is 18.3 Å². The van der Waals surface area contributed by atoms with Gasteiger partial charge in [-0.1, -0.05) is 0 Å². The topological polar surface area (TPSA) is 66.8 Å². The van der Waals surface area contributed by atoms with Crippen molar-refractivity contribution < 1.29 is 4.42 Å². The van der Waals surface area contributed by atoms with Crippen molar-refractivity contribution in [2.75, 3.05) is 5.32 Å². The maximum absolute atomic E-state index is 8.62. The normalized spacial score (nSPS) is 10.5. The van der Waals surface area contributed by atoms with E-state index in [0.717, 1.165) is 11.4 Å². The zero-order valence-electron chi connectivity index (χ0n) is 9.84. The van der Waals surface area contributed by atoms with E-state index < -0.39 is 0 Å². The van der Waals surface area contributed by atoms with Crippen molar-refractivity contribution in [2.45, 2.75) is 26.4 Å². The van der Waals surface area contributed by atoms with Gasteiger partial charge in [0.1, 0.15) is 11.8 Å². The van der Waals surface area contributed by atoms with Crippen LogP contribution in [0.5, 0.6) is 0 Å². The monoisotopic (exact) mass is 230 g/mol. The molecule has 0 spiro atoms. The van der Waals surface area contributed by atoms with Crippen LogP contribution in [0.25, 0.3) is 0 Å². The fourth-order valence-electron chi connectivity index (χ4n) is 1.43. The van der Waals surface area contributed by atoms with Gasteiger partial charge in [0.25, 0.3) is 0 Å². The summed E-state index contributed by atoms with van der Waals surface area (Å²) in [5.41, 5.74) is 0.939. The highest BCUT2D eigenvalue weighted by Crippen LogP contribution is 2.12. The number of nitrogens with one attached hydrogen (secondary N) is 1. The van der Waals surface area contributed by atoms with E-state index in [1.807, 2.05) is 16.9 Å². The molecule has 2 aromatic rings. The quantitative estimate of drug-likeness (QED) is 0.876. The lowest BCUT2D eigenvalue weighted by Gasteiger charge is -2.03. The van der Waals surface area contributed by atoms with Gasteiger partial charge >= 0.3 is 0 Å². The Morgan fingerprint density at radius 3 is 2.94 bits per heavy atom. The van der Waals surface area contributed by atoms with Crippen LogP contribution in [0.1, 0.15) is 31.4 Å². The Hall–Kier alpha value is -2.22. The third-order valence-electron chi connectivity index (χ3n) is 2.37. The van der Waals surface area contributed by atoms with Crippen LogP contribution in [0.2, 0.25) is 0 Å². The molecule has 17 heavy (non-hydrogen) atoms. The maximum atomic E-state index is 8.62. The second-order valence-corrected chi connectivity index (χ2v) is 4.03. The van der Waals surface area contributed by atoms with Crippen molar-refractivity contribution in [3.05, 3.63) is 36.0 Å². The molecule has 0 aromatic carbocycles. The summed E-state index contributed by atoms with van der Waals surface area (Å²) in [7, 11) is 0. The highest BCUT2D eigenvalue weighted by atomic mass is 16.3. The van der Waals surface area contributed by atoms with Crippen LogP contribution in [0, 0.1) is 11.3 Å². The second kappa shape index (κ2) is 4.74. The highest BCUT2D eigenvalue weighted by Gasteiger charge is 2.03. The van der Waals surface area contributed by atoms with Crippen LogP contribution in [0.15, 0.2) is 28.9 Å². The van der Waals surface area contributed by atoms with Gasteiger partial charge in [-0.3, -0.25) is 4.68 Å². The standard InChI is InChI=1S/C12H14N4O/c1-9(2)16-8-10(6-15-16)14-7-12-4-3-11(5-13)17-12/h3-4,6,8-9,14H,7H2,1-2H3. The van der Waals surface area contributed by atoms with Crippen LogP contribution in [-0.4, -0.2) is 9.78 Å². The number of aromatic nitrogens is 2. The molecule has 0 fully saturated rings. The number of hydrogen-bond acceptors (Lipinski definition) is 4. The molecule has 0 aliphatic rings. The molecule has 5 heteroatoms. The summed E-state index contributed by atoms with van der Waals surface area (Å²) in [6, 6.07) is 5.75. The minimum atomic E-state index is 0.333. The number of rotatable bonds is 4. The van der Waals surface area contributed by atoms with Crippen molar-refractivity contribution >= 4 is 5.69 Å². The molecule has 0 aliphatic carbocycles. The Labute approximate surface area is 99.7 Å².